The first-order valence-electron chi connectivity index (χ1n) is 8.05. The predicted molar refractivity (Wildman–Crippen MR) is 92.6 cm³/mol. The number of benzene rings is 1. The maximum Gasteiger partial charge on any atom is 0.471 e. The number of hydrogen-bond donors (Lipinski definition) is 1. The summed E-state index contributed by atoms with van der Waals surface area (Å²) in [5.74, 6) is -2.18. The van der Waals surface area contributed by atoms with Crippen molar-refractivity contribution in [2.45, 2.75) is 6.18 Å². The van der Waals surface area contributed by atoms with Gasteiger partial charge in [-0.05, 0) is 36.4 Å². The lowest BCUT2D eigenvalue weighted by molar-refractivity contribution is -0.159. The number of halogens is 3. The van der Waals surface area contributed by atoms with E-state index in [2.05, 4.69) is 25.0 Å². The zero-order chi connectivity index (χ0) is 20.6. The summed E-state index contributed by atoms with van der Waals surface area (Å²) >= 11 is 0. The number of nitrogens with zero attached hydrogens (tertiary/aromatic N) is 5. The highest BCUT2D eigenvalue weighted by molar-refractivity contribution is 6.03. The molecular formula is C18H9F3N6O2. The van der Waals surface area contributed by atoms with Crippen LogP contribution < -0.4 is 5.32 Å². The van der Waals surface area contributed by atoms with Crippen molar-refractivity contribution in [1.29, 1.82) is 5.26 Å². The van der Waals surface area contributed by atoms with E-state index >= 15 is 0 Å². The van der Waals surface area contributed by atoms with Gasteiger partial charge in [0.05, 0.1) is 11.6 Å². The van der Waals surface area contributed by atoms with Crippen LogP contribution in [0.25, 0.3) is 17.0 Å². The van der Waals surface area contributed by atoms with Crippen LogP contribution in [-0.2, 0) is 6.18 Å². The van der Waals surface area contributed by atoms with E-state index in [1.807, 2.05) is 6.07 Å². The maximum absolute atomic E-state index is 12.6. The Bertz CT molecular complexity index is 1250. The number of amides is 1. The lowest BCUT2D eigenvalue weighted by Gasteiger charge is -2.02. The van der Waals surface area contributed by atoms with Gasteiger partial charge in [-0.1, -0.05) is 5.16 Å². The van der Waals surface area contributed by atoms with Crippen LogP contribution in [0.3, 0.4) is 0 Å². The molecule has 4 aromatic rings. The smallest absolute Gasteiger partial charge is 0.329 e. The minimum absolute atomic E-state index is 0.0932. The van der Waals surface area contributed by atoms with Crippen molar-refractivity contribution < 1.29 is 22.5 Å². The van der Waals surface area contributed by atoms with Gasteiger partial charge < -0.3 is 14.2 Å². The Hall–Kier alpha value is -4.20. The molecule has 29 heavy (non-hydrogen) atoms. The van der Waals surface area contributed by atoms with E-state index in [0.717, 1.165) is 0 Å². The molecule has 4 rings (SSSR count). The molecule has 1 aromatic carbocycles. The number of fused-ring (bicyclic) bond motifs is 1. The molecule has 0 radical (unpaired) electrons. The number of imidazole rings is 1. The fraction of sp³-hybridized carbons (Fsp3) is 0.0556. The molecule has 0 aliphatic rings. The van der Waals surface area contributed by atoms with Crippen LogP contribution in [-0.4, -0.2) is 25.4 Å². The van der Waals surface area contributed by atoms with Gasteiger partial charge in [-0.25, -0.2) is 4.98 Å². The van der Waals surface area contributed by atoms with Crippen LogP contribution in [0.4, 0.5) is 18.9 Å². The van der Waals surface area contributed by atoms with Crippen molar-refractivity contribution in [3.8, 4) is 17.5 Å². The first-order chi connectivity index (χ1) is 13.8. The highest BCUT2D eigenvalue weighted by Crippen LogP contribution is 2.29. The van der Waals surface area contributed by atoms with Gasteiger partial charge in [0, 0.05) is 23.6 Å². The molecule has 0 saturated carbocycles. The highest BCUT2D eigenvalue weighted by atomic mass is 19.4. The maximum atomic E-state index is 12.6. The summed E-state index contributed by atoms with van der Waals surface area (Å²) in [5, 5.41) is 14.8. The quantitative estimate of drug-likeness (QED) is 0.566. The number of anilines is 1. The van der Waals surface area contributed by atoms with Crippen molar-refractivity contribution in [1.82, 2.24) is 19.5 Å². The molecule has 0 aliphatic carbocycles. The standard InChI is InChI=1S/C18H9F3N6O2/c19-18(20,21)17-25-15(26-29-17)11-5-6-27-9-13(24-14(27)7-11)16(28)23-12-3-1-10(8-22)2-4-12/h1-7,9H,(H,23,28). The van der Waals surface area contributed by atoms with Gasteiger partial charge in [0.2, 0.25) is 5.82 Å². The SMILES string of the molecule is N#Cc1ccc(NC(=O)c2cn3ccc(-c4noc(C(F)(F)F)n4)cc3n2)cc1. The molecule has 3 heterocycles. The second kappa shape index (κ2) is 6.75. The van der Waals surface area contributed by atoms with Crippen LogP contribution in [0.5, 0.6) is 0 Å². The molecule has 144 valence electrons. The van der Waals surface area contributed by atoms with Crippen molar-refractivity contribution in [3.63, 3.8) is 0 Å². The largest absolute Gasteiger partial charge is 0.471 e. The summed E-state index contributed by atoms with van der Waals surface area (Å²) in [7, 11) is 0. The Kier molecular flexibility index (Phi) is 4.23. The van der Waals surface area contributed by atoms with Crippen LogP contribution in [0.2, 0.25) is 0 Å². The zero-order valence-corrected chi connectivity index (χ0v) is 14.3. The van der Waals surface area contributed by atoms with E-state index in [1.165, 1.54) is 28.9 Å². The second-order valence-electron chi connectivity index (χ2n) is 5.87. The van der Waals surface area contributed by atoms with Gasteiger partial charge in [-0.15, -0.1) is 0 Å². The average Bonchev–Trinajstić information content (AvgIpc) is 3.35. The van der Waals surface area contributed by atoms with E-state index in [1.54, 1.807) is 24.3 Å². The minimum Gasteiger partial charge on any atom is -0.329 e. The number of carbonyl (C=O) groups is 1. The molecule has 11 heteroatoms. The first kappa shape index (κ1) is 18.2. The molecule has 8 nitrogen and oxygen atoms in total. The molecular weight excluding hydrogens is 389 g/mol. The molecule has 0 atom stereocenters. The summed E-state index contributed by atoms with van der Waals surface area (Å²) < 4.78 is 43.6. The summed E-state index contributed by atoms with van der Waals surface area (Å²) in [6, 6.07) is 11.2. The van der Waals surface area contributed by atoms with Crippen molar-refractivity contribution in [2.24, 2.45) is 0 Å². The van der Waals surface area contributed by atoms with Crippen molar-refractivity contribution >= 4 is 17.2 Å². The summed E-state index contributed by atoms with van der Waals surface area (Å²) in [4.78, 5) is 19.9. The van der Waals surface area contributed by atoms with E-state index in [0.29, 0.717) is 16.9 Å². The average molecular weight is 398 g/mol. The van der Waals surface area contributed by atoms with Crippen LogP contribution in [0.15, 0.2) is 53.3 Å². The van der Waals surface area contributed by atoms with Crippen LogP contribution in [0, 0.1) is 11.3 Å². The number of nitriles is 1. The van der Waals surface area contributed by atoms with Gasteiger partial charge in [0.15, 0.2) is 0 Å². The number of hydrogen-bond acceptors (Lipinski definition) is 6. The third-order valence-corrected chi connectivity index (χ3v) is 3.89. The molecule has 0 unspecified atom stereocenters. The van der Waals surface area contributed by atoms with Crippen LogP contribution >= 0.6 is 0 Å². The Balaban J connectivity index is 1.58. The van der Waals surface area contributed by atoms with Crippen molar-refractivity contribution in [2.75, 3.05) is 5.32 Å². The normalized spacial score (nSPS) is 11.4. The molecule has 0 saturated heterocycles. The lowest BCUT2D eigenvalue weighted by atomic mass is 10.2. The Labute approximate surface area is 160 Å². The Morgan fingerprint density at radius 2 is 1.93 bits per heavy atom. The molecule has 1 N–H and O–H groups in total. The lowest BCUT2D eigenvalue weighted by Crippen LogP contribution is -2.12. The third-order valence-electron chi connectivity index (χ3n) is 3.89. The summed E-state index contributed by atoms with van der Waals surface area (Å²) in [5.41, 5.74) is 1.60. The molecule has 0 bridgehead atoms. The highest BCUT2D eigenvalue weighted by Gasteiger charge is 2.38. The van der Waals surface area contributed by atoms with E-state index in [4.69, 9.17) is 5.26 Å². The number of aromatic nitrogens is 4. The fourth-order valence-electron chi connectivity index (χ4n) is 2.51. The molecule has 0 aliphatic heterocycles. The van der Waals surface area contributed by atoms with E-state index in [9.17, 15) is 18.0 Å². The topological polar surface area (TPSA) is 109 Å². The molecule has 0 spiro atoms. The van der Waals surface area contributed by atoms with Crippen LogP contribution in [0.1, 0.15) is 21.9 Å². The number of nitrogens with one attached hydrogen (secondary N) is 1. The fourth-order valence-corrected chi connectivity index (χ4v) is 2.51. The van der Waals surface area contributed by atoms with E-state index in [-0.39, 0.29) is 17.1 Å². The number of alkyl halides is 3. The summed E-state index contributed by atoms with van der Waals surface area (Å²) in [6.07, 6.45) is -1.76. The van der Waals surface area contributed by atoms with Crippen molar-refractivity contribution in [3.05, 3.63) is 65.9 Å². The Morgan fingerprint density at radius 3 is 2.59 bits per heavy atom. The number of pyridine rings is 1. The Morgan fingerprint density at radius 1 is 1.17 bits per heavy atom. The van der Waals surface area contributed by atoms with Gasteiger partial charge in [-0.3, -0.25) is 4.79 Å². The van der Waals surface area contributed by atoms with Gasteiger partial charge >= 0.3 is 12.1 Å². The third kappa shape index (κ3) is 3.63. The number of carbonyl (C=O) groups excluding carboxylic acids is 1. The number of rotatable bonds is 3. The second-order valence-corrected chi connectivity index (χ2v) is 5.87. The molecule has 0 fully saturated rings. The monoisotopic (exact) mass is 398 g/mol. The molecule has 3 aromatic heterocycles. The zero-order valence-electron chi connectivity index (χ0n) is 14.3. The summed E-state index contributed by atoms with van der Waals surface area (Å²) in [6.45, 7) is 0. The molecule has 1 amide bonds. The van der Waals surface area contributed by atoms with Gasteiger partial charge in [0.1, 0.15) is 11.3 Å². The first-order valence-corrected chi connectivity index (χ1v) is 8.05. The minimum atomic E-state index is -4.74. The predicted octanol–water partition coefficient (Wildman–Crippen LogP) is 3.53. The van der Waals surface area contributed by atoms with Gasteiger partial charge in [0.25, 0.3) is 5.91 Å². The van der Waals surface area contributed by atoms with Gasteiger partial charge in [-0.2, -0.15) is 23.4 Å². The van der Waals surface area contributed by atoms with E-state index < -0.39 is 18.0 Å².